The van der Waals surface area contributed by atoms with Gasteiger partial charge >= 0.3 is 5.69 Å². The van der Waals surface area contributed by atoms with Crippen LogP contribution in [0.2, 0.25) is 5.02 Å². The van der Waals surface area contributed by atoms with Crippen molar-refractivity contribution in [2.45, 2.75) is 23.3 Å². The van der Waals surface area contributed by atoms with Crippen molar-refractivity contribution >= 4 is 38.7 Å². The monoisotopic (exact) mass is 556 g/mol. The summed E-state index contributed by atoms with van der Waals surface area (Å²) in [5.41, 5.74) is 0.686. The number of nitrogens with zero attached hydrogens (tertiary/aromatic N) is 1. The SMILES string of the molecule is COc1cc(NC(=O)c2ccc(COc3ccc(C)cc3[N+](=O)[O-])o2)cc(S(=O)(=O)c2ccc(Cl)cc2)c1. The van der Waals surface area contributed by atoms with Crippen LogP contribution in [0.1, 0.15) is 21.9 Å². The number of carbonyl (C=O) groups is 1. The first-order valence-electron chi connectivity index (χ1n) is 11.0. The number of nitrogens with one attached hydrogen (secondary N) is 1. The zero-order valence-electron chi connectivity index (χ0n) is 20.1. The summed E-state index contributed by atoms with van der Waals surface area (Å²) in [5, 5.41) is 14.3. The maximum Gasteiger partial charge on any atom is 0.311 e. The van der Waals surface area contributed by atoms with E-state index < -0.39 is 20.7 Å². The molecule has 0 radical (unpaired) electrons. The molecule has 0 fully saturated rings. The zero-order chi connectivity index (χ0) is 27.4. The van der Waals surface area contributed by atoms with Crippen molar-refractivity contribution in [2.75, 3.05) is 12.4 Å². The van der Waals surface area contributed by atoms with E-state index in [0.717, 1.165) is 0 Å². The predicted octanol–water partition coefficient (Wildman–Crippen LogP) is 5.82. The highest BCUT2D eigenvalue weighted by molar-refractivity contribution is 7.91. The van der Waals surface area contributed by atoms with E-state index in [-0.39, 0.29) is 50.8 Å². The lowest BCUT2D eigenvalue weighted by molar-refractivity contribution is -0.386. The van der Waals surface area contributed by atoms with Crippen molar-refractivity contribution in [2.24, 2.45) is 0 Å². The first-order chi connectivity index (χ1) is 18.1. The second-order valence-corrected chi connectivity index (χ2v) is 10.5. The van der Waals surface area contributed by atoms with E-state index in [9.17, 15) is 23.3 Å². The number of ether oxygens (including phenoxy) is 2. The number of carbonyl (C=O) groups excluding carboxylic acids is 1. The molecule has 38 heavy (non-hydrogen) atoms. The molecule has 1 amide bonds. The van der Waals surface area contributed by atoms with Crippen molar-refractivity contribution in [3.63, 3.8) is 0 Å². The molecule has 0 unspecified atom stereocenters. The molecular formula is C26H21ClN2O8S. The molecule has 4 rings (SSSR count). The Morgan fingerprint density at radius 1 is 1.03 bits per heavy atom. The van der Waals surface area contributed by atoms with Gasteiger partial charge in [-0.05, 0) is 67.1 Å². The first kappa shape index (κ1) is 26.7. The molecule has 196 valence electrons. The van der Waals surface area contributed by atoms with E-state index in [2.05, 4.69) is 5.32 Å². The van der Waals surface area contributed by atoms with Gasteiger partial charge in [-0.1, -0.05) is 17.7 Å². The second-order valence-electron chi connectivity index (χ2n) is 8.09. The smallest absolute Gasteiger partial charge is 0.311 e. The fraction of sp³-hybridized carbons (Fsp3) is 0.115. The van der Waals surface area contributed by atoms with Crippen LogP contribution in [0.5, 0.6) is 11.5 Å². The lowest BCUT2D eigenvalue weighted by Gasteiger charge is -2.11. The lowest BCUT2D eigenvalue weighted by atomic mass is 10.2. The Morgan fingerprint density at radius 3 is 2.45 bits per heavy atom. The number of benzene rings is 3. The van der Waals surface area contributed by atoms with Crippen LogP contribution in [0.4, 0.5) is 11.4 Å². The number of methoxy groups -OCH3 is 1. The third-order valence-electron chi connectivity index (χ3n) is 5.37. The van der Waals surface area contributed by atoms with Crippen LogP contribution in [0, 0.1) is 17.0 Å². The van der Waals surface area contributed by atoms with Crippen LogP contribution < -0.4 is 14.8 Å². The summed E-state index contributed by atoms with van der Waals surface area (Å²) in [7, 11) is -2.56. The fourth-order valence-electron chi connectivity index (χ4n) is 3.48. The van der Waals surface area contributed by atoms with Gasteiger partial charge in [0.05, 0.1) is 21.8 Å². The van der Waals surface area contributed by atoms with E-state index in [1.807, 2.05) is 0 Å². The lowest BCUT2D eigenvalue weighted by Crippen LogP contribution is -2.12. The minimum Gasteiger partial charge on any atom is -0.497 e. The molecule has 0 saturated carbocycles. The van der Waals surface area contributed by atoms with Crippen molar-refractivity contribution in [1.82, 2.24) is 0 Å². The molecule has 0 spiro atoms. The van der Waals surface area contributed by atoms with Gasteiger partial charge in [0.15, 0.2) is 11.5 Å². The highest BCUT2D eigenvalue weighted by Crippen LogP contribution is 2.30. The molecule has 0 aliphatic carbocycles. The molecule has 10 nitrogen and oxygen atoms in total. The van der Waals surface area contributed by atoms with Crippen molar-refractivity contribution in [3.8, 4) is 11.5 Å². The number of amides is 1. The van der Waals surface area contributed by atoms with Crippen LogP contribution in [-0.2, 0) is 16.4 Å². The molecule has 1 heterocycles. The minimum atomic E-state index is -3.93. The molecule has 1 aromatic heterocycles. The second kappa shape index (κ2) is 11.0. The Balaban J connectivity index is 1.51. The summed E-state index contributed by atoms with van der Waals surface area (Å²) >= 11 is 5.87. The van der Waals surface area contributed by atoms with Gasteiger partial charge in [-0.3, -0.25) is 14.9 Å². The number of nitro benzene ring substituents is 1. The summed E-state index contributed by atoms with van der Waals surface area (Å²) < 4.78 is 42.5. The van der Waals surface area contributed by atoms with E-state index >= 15 is 0 Å². The molecule has 0 aliphatic rings. The van der Waals surface area contributed by atoms with Crippen molar-refractivity contribution in [1.29, 1.82) is 0 Å². The average Bonchev–Trinajstić information content (AvgIpc) is 3.37. The largest absolute Gasteiger partial charge is 0.497 e. The summed E-state index contributed by atoms with van der Waals surface area (Å²) in [6.07, 6.45) is 0. The van der Waals surface area contributed by atoms with E-state index in [0.29, 0.717) is 10.6 Å². The van der Waals surface area contributed by atoms with Gasteiger partial charge in [-0.15, -0.1) is 0 Å². The topological polar surface area (TPSA) is 138 Å². The summed E-state index contributed by atoms with van der Waals surface area (Å²) in [6.45, 7) is 1.58. The number of nitro groups is 1. The van der Waals surface area contributed by atoms with Crippen LogP contribution in [0.3, 0.4) is 0 Å². The van der Waals surface area contributed by atoms with Crippen molar-refractivity contribution < 1.29 is 32.0 Å². The number of halogens is 1. The molecule has 0 atom stereocenters. The number of rotatable bonds is 9. The summed E-state index contributed by atoms with van der Waals surface area (Å²) in [6, 6.07) is 17.3. The zero-order valence-corrected chi connectivity index (χ0v) is 21.7. The van der Waals surface area contributed by atoms with E-state index in [1.54, 1.807) is 13.0 Å². The third kappa shape index (κ3) is 5.96. The number of hydrogen-bond acceptors (Lipinski definition) is 8. The maximum atomic E-state index is 13.1. The Morgan fingerprint density at radius 2 is 1.76 bits per heavy atom. The van der Waals surface area contributed by atoms with Gasteiger partial charge in [0.25, 0.3) is 5.91 Å². The van der Waals surface area contributed by atoms with Gasteiger partial charge in [0.2, 0.25) is 9.84 Å². The van der Waals surface area contributed by atoms with E-state index in [1.165, 1.54) is 73.8 Å². The van der Waals surface area contributed by atoms with Crippen molar-refractivity contribution in [3.05, 3.63) is 105 Å². The van der Waals surface area contributed by atoms with Gasteiger partial charge in [-0.25, -0.2) is 8.42 Å². The Bertz CT molecular complexity index is 1610. The highest BCUT2D eigenvalue weighted by atomic mass is 35.5. The molecule has 0 aliphatic heterocycles. The van der Waals surface area contributed by atoms with Gasteiger partial charge < -0.3 is 19.2 Å². The average molecular weight is 557 g/mol. The molecule has 1 N–H and O–H groups in total. The molecule has 12 heteroatoms. The van der Waals surface area contributed by atoms with Gasteiger partial charge in [0, 0.05) is 22.8 Å². The van der Waals surface area contributed by atoms with E-state index in [4.69, 9.17) is 25.5 Å². The van der Waals surface area contributed by atoms with Gasteiger partial charge in [0.1, 0.15) is 18.1 Å². The first-order valence-corrected chi connectivity index (χ1v) is 12.9. The van der Waals surface area contributed by atoms with Crippen LogP contribution >= 0.6 is 11.6 Å². The maximum absolute atomic E-state index is 13.1. The van der Waals surface area contributed by atoms with Crippen LogP contribution in [0.25, 0.3) is 0 Å². The molecule has 4 aromatic rings. The Hall–Kier alpha value is -4.35. The molecule has 3 aromatic carbocycles. The molecule has 0 bridgehead atoms. The molecular weight excluding hydrogens is 536 g/mol. The normalized spacial score (nSPS) is 11.1. The Labute approximate surface area is 222 Å². The highest BCUT2D eigenvalue weighted by Gasteiger charge is 2.21. The minimum absolute atomic E-state index is 0.0249. The third-order valence-corrected chi connectivity index (χ3v) is 7.38. The summed E-state index contributed by atoms with van der Waals surface area (Å²) in [4.78, 5) is 23.5. The Kier molecular flexibility index (Phi) is 7.70. The quantitative estimate of drug-likeness (QED) is 0.201. The van der Waals surface area contributed by atoms with Crippen LogP contribution in [-0.4, -0.2) is 26.4 Å². The van der Waals surface area contributed by atoms with Gasteiger partial charge in [-0.2, -0.15) is 0 Å². The summed E-state index contributed by atoms with van der Waals surface area (Å²) in [5.74, 6) is -0.202. The number of anilines is 1. The number of furan rings is 1. The predicted molar refractivity (Wildman–Crippen MR) is 139 cm³/mol. The standard InChI is InChI=1S/C26H21ClN2O8S/c1-16-3-9-24(23(11-16)29(31)32)36-15-19-6-10-25(37-19)26(30)28-18-12-20(35-2)14-22(13-18)38(33,34)21-7-4-17(27)5-8-21/h3-14H,15H2,1-2H3,(H,28,30). The fourth-order valence-corrected chi connectivity index (χ4v) is 4.92. The number of hydrogen-bond donors (Lipinski definition) is 1. The number of sulfone groups is 1. The number of aryl methyl sites for hydroxylation is 1. The molecule has 0 saturated heterocycles. The van der Waals surface area contributed by atoms with Crippen LogP contribution in [0.15, 0.2) is 87.0 Å².